The Morgan fingerprint density at radius 1 is 0.868 bits per heavy atom. The van der Waals surface area contributed by atoms with Crippen LogP contribution in [0.4, 0.5) is 0 Å². The van der Waals surface area contributed by atoms with Crippen molar-refractivity contribution >= 4 is 11.6 Å². The first kappa shape index (κ1) is 30.7. The summed E-state index contributed by atoms with van der Waals surface area (Å²) in [6.07, 6.45) is 19.6. The highest BCUT2D eigenvalue weighted by Gasteiger charge is 2.73. The van der Waals surface area contributed by atoms with E-state index in [2.05, 4.69) is 52.8 Å². The zero-order valence-corrected chi connectivity index (χ0v) is 25.5. The first-order valence-corrected chi connectivity index (χ1v) is 15.3. The highest BCUT2D eigenvalue weighted by atomic mass is 16.5. The molecule has 3 aliphatic rings. The zero-order chi connectivity index (χ0) is 28.1. The summed E-state index contributed by atoms with van der Waals surface area (Å²) >= 11 is 0. The maximum Gasteiger partial charge on any atom is 0.209 e. The maximum absolute atomic E-state index is 13.9. The SMILES string of the molecule is COC1=C(OC)C(=O)C2(C/C=C(\C)CCCC(C)CCCC(C)CCCC(C)C)C3C=CC(C3)C2(C)C1=O. The lowest BCUT2D eigenvalue weighted by molar-refractivity contribution is -0.153. The Kier molecular flexibility index (Phi) is 10.5. The Bertz CT molecular complexity index is 940. The zero-order valence-electron chi connectivity index (χ0n) is 25.5. The number of hydrogen-bond donors (Lipinski definition) is 0. The predicted molar refractivity (Wildman–Crippen MR) is 155 cm³/mol. The molecule has 0 radical (unpaired) electrons. The van der Waals surface area contributed by atoms with Crippen LogP contribution in [0.25, 0.3) is 0 Å². The van der Waals surface area contributed by atoms with Crippen LogP contribution < -0.4 is 0 Å². The van der Waals surface area contributed by atoms with Gasteiger partial charge in [0.05, 0.1) is 25.0 Å². The van der Waals surface area contributed by atoms with Gasteiger partial charge in [-0.1, -0.05) is 103 Å². The number of ether oxygens (including phenoxy) is 2. The van der Waals surface area contributed by atoms with E-state index in [1.807, 2.05) is 6.92 Å². The summed E-state index contributed by atoms with van der Waals surface area (Å²) in [6.45, 7) is 13.6. The van der Waals surface area contributed by atoms with Crippen molar-refractivity contribution in [2.45, 2.75) is 112 Å². The third kappa shape index (κ3) is 5.85. The largest absolute Gasteiger partial charge is 0.490 e. The van der Waals surface area contributed by atoms with Crippen molar-refractivity contribution in [3.8, 4) is 0 Å². The lowest BCUT2D eigenvalue weighted by Gasteiger charge is -2.49. The lowest BCUT2D eigenvalue weighted by Crippen LogP contribution is -2.57. The van der Waals surface area contributed by atoms with Crippen LogP contribution in [0, 0.1) is 40.4 Å². The third-order valence-electron chi connectivity index (χ3n) is 10.2. The fourth-order valence-corrected chi connectivity index (χ4v) is 7.60. The minimum Gasteiger partial charge on any atom is -0.490 e. The lowest BCUT2D eigenvalue weighted by atomic mass is 9.51. The molecule has 38 heavy (non-hydrogen) atoms. The van der Waals surface area contributed by atoms with Crippen LogP contribution >= 0.6 is 0 Å². The number of fused-ring (bicyclic) bond motifs is 5. The van der Waals surface area contributed by atoms with Crippen molar-refractivity contribution in [3.05, 3.63) is 35.3 Å². The quantitative estimate of drug-likeness (QED) is 0.189. The molecule has 3 rings (SSSR count). The average molecular weight is 527 g/mol. The average Bonchev–Trinajstić information content (AvgIpc) is 3.45. The fourth-order valence-electron chi connectivity index (χ4n) is 7.60. The van der Waals surface area contributed by atoms with E-state index in [0.717, 1.165) is 30.6 Å². The van der Waals surface area contributed by atoms with Crippen LogP contribution in [0.5, 0.6) is 0 Å². The Hall–Kier alpha value is -1.84. The number of rotatable bonds is 16. The van der Waals surface area contributed by atoms with Crippen LogP contribution in [0.3, 0.4) is 0 Å². The van der Waals surface area contributed by atoms with Gasteiger partial charge in [0, 0.05) is 0 Å². The van der Waals surface area contributed by atoms with E-state index in [-0.39, 0.29) is 34.9 Å². The van der Waals surface area contributed by atoms with Crippen molar-refractivity contribution in [2.24, 2.45) is 40.4 Å². The molecule has 0 heterocycles. The van der Waals surface area contributed by atoms with Gasteiger partial charge in [0.1, 0.15) is 0 Å². The number of carbonyl (C=O) groups is 2. The molecule has 0 aliphatic heterocycles. The summed E-state index contributed by atoms with van der Waals surface area (Å²) in [5, 5.41) is 0. The molecule has 0 saturated heterocycles. The maximum atomic E-state index is 13.9. The molecule has 2 bridgehead atoms. The van der Waals surface area contributed by atoms with E-state index in [0.29, 0.717) is 6.42 Å². The summed E-state index contributed by atoms with van der Waals surface area (Å²) in [4.78, 5) is 27.6. The van der Waals surface area contributed by atoms with Crippen molar-refractivity contribution in [3.63, 3.8) is 0 Å². The number of hydrogen-bond acceptors (Lipinski definition) is 4. The van der Waals surface area contributed by atoms with Gasteiger partial charge >= 0.3 is 0 Å². The van der Waals surface area contributed by atoms with Gasteiger partial charge in [-0.25, -0.2) is 0 Å². The van der Waals surface area contributed by atoms with Crippen molar-refractivity contribution in [2.75, 3.05) is 14.2 Å². The number of carbonyl (C=O) groups excluding carboxylic acids is 2. The van der Waals surface area contributed by atoms with Gasteiger partial charge in [-0.2, -0.15) is 0 Å². The van der Waals surface area contributed by atoms with Gasteiger partial charge in [-0.3, -0.25) is 9.59 Å². The van der Waals surface area contributed by atoms with Crippen LogP contribution in [-0.4, -0.2) is 25.8 Å². The summed E-state index contributed by atoms with van der Waals surface area (Å²) in [6, 6.07) is 0. The molecule has 3 aliphatic carbocycles. The van der Waals surface area contributed by atoms with Gasteiger partial charge < -0.3 is 9.47 Å². The smallest absolute Gasteiger partial charge is 0.209 e. The highest BCUT2D eigenvalue weighted by molar-refractivity contribution is 6.16. The number of methoxy groups -OCH3 is 2. The Morgan fingerprint density at radius 2 is 1.39 bits per heavy atom. The number of allylic oxidation sites excluding steroid dienone is 6. The minimum absolute atomic E-state index is 0.0630. The van der Waals surface area contributed by atoms with E-state index >= 15 is 0 Å². The standard InChI is InChI=1S/C34H54O4/c1-23(2)12-9-13-24(3)14-10-15-25(4)16-11-17-26(5)20-21-34-28-19-18-27(22-28)33(34,6)31(35)29(37-7)30(38-8)32(34)36/h18-20,23-25,27-28H,9-17,21-22H2,1-8H3/b26-20+. The Balaban J connectivity index is 1.54. The second kappa shape index (κ2) is 13.0. The van der Waals surface area contributed by atoms with E-state index in [1.165, 1.54) is 71.2 Å². The normalized spacial score (nSPS) is 30.3. The topological polar surface area (TPSA) is 52.6 Å². The van der Waals surface area contributed by atoms with Crippen molar-refractivity contribution in [1.29, 1.82) is 0 Å². The molecule has 1 fully saturated rings. The molecule has 0 amide bonds. The van der Waals surface area contributed by atoms with E-state index in [9.17, 15) is 9.59 Å². The second-order valence-corrected chi connectivity index (χ2v) is 13.3. The van der Waals surface area contributed by atoms with E-state index in [4.69, 9.17) is 9.47 Å². The van der Waals surface area contributed by atoms with E-state index in [1.54, 1.807) is 0 Å². The van der Waals surface area contributed by atoms with Crippen LogP contribution in [0.1, 0.15) is 112 Å². The molecular formula is C34H54O4. The summed E-state index contributed by atoms with van der Waals surface area (Å²) < 4.78 is 10.9. The molecule has 4 heteroatoms. The van der Waals surface area contributed by atoms with E-state index < -0.39 is 10.8 Å². The van der Waals surface area contributed by atoms with Crippen molar-refractivity contribution in [1.82, 2.24) is 0 Å². The molecule has 0 aromatic carbocycles. The van der Waals surface area contributed by atoms with Gasteiger partial charge in [0.25, 0.3) is 0 Å². The molecular weight excluding hydrogens is 472 g/mol. The first-order chi connectivity index (χ1) is 18.0. The minimum atomic E-state index is -0.784. The third-order valence-corrected chi connectivity index (χ3v) is 10.2. The summed E-state index contributed by atoms with van der Waals surface area (Å²) in [5.41, 5.74) is -0.244. The van der Waals surface area contributed by atoms with Gasteiger partial charge in [0.2, 0.25) is 23.1 Å². The summed E-state index contributed by atoms with van der Waals surface area (Å²) in [5.74, 6) is 2.61. The van der Waals surface area contributed by atoms with Gasteiger partial charge in [0.15, 0.2) is 0 Å². The summed E-state index contributed by atoms with van der Waals surface area (Å²) in [7, 11) is 2.92. The van der Waals surface area contributed by atoms with Crippen molar-refractivity contribution < 1.29 is 19.1 Å². The molecule has 0 N–H and O–H groups in total. The number of Topliss-reactive ketones (excluding diaryl/α,β-unsaturated/α-hetero) is 2. The highest BCUT2D eigenvalue weighted by Crippen LogP contribution is 2.69. The molecule has 0 aromatic rings. The monoisotopic (exact) mass is 526 g/mol. The molecule has 0 spiro atoms. The molecule has 0 aromatic heterocycles. The fraction of sp³-hybridized carbons (Fsp3) is 0.765. The van der Waals surface area contributed by atoms with Crippen LogP contribution in [0.2, 0.25) is 0 Å². The van der Waals surface area contributed by atoms with Gasteiger partial charge in [-0.15, -0.1) is 0 Å². The Labute approximate surface area is 232 Å². The molecule has 1 saturated carbocycles. The molecule has 6 unspecified atom stereocenters. The van der Waals surface area contributed by atoms with Crippen LogP contribution in [0.15, 0.2) is 35.3 Å². The molecule has 6 atom stereocenters. The van der Waals surface area contributed by atoms with Crippen LogP contribution in [-0.2, 0) is 19.1 Å². The number of ketones is 2. The first-order valence-electron chi connectivity index (χ1n) is 15.3. The predicted octanol–water partition coefficient (Wildman–Crippen LogP) is 8.62. The molecule has 4 nitrogen and oxygen atoms in total. The van der Waals surface area contributed by atoms with Gasteiger partial charge in [-0.05, 0) is 62.2 Å². The Morgan fingerprint density at radius 3 is 1.97 bits per heavy atom. The molecule has 214 valence electrons. The second-order valence-electron chi connectivity index (χ2n) is 13.3.